The lowest BCUT2D eigenvalue weighted by Gasteiger charge is -2.22. The molecule has 21 heavy (non-hydrogen) atoms. The third kappa shape index (κ3) is 4.28. The van der Waals surface area contributed by atoms with E-state index in [2.05, 4.69) is 10.2 Å². The molecule has 0 aliphatic carbocycles. The van der Waals surface area contributed by atoms with Crippen LogP contribution in [0.4, 0.5) is 15.3 Å². The maximum Gasteiger partial charge on any atom is 0.433 e. The predicted octanol–water partition coefficient (Wildman–Crippen LogP) is 1.89. The number of ether oxygens (including phenoxy) is 2. The zero-order chi connectivity index (χ0) is 15.8. The molecule has 0 aromatic heterocycles. The van der Waals surface area contributed by atoms with E-state index in [4.69, 9.17) is 10.00 Å². The van der Waals surface area contributed by atoms with Gasteiger partial charge in [-0.3, -0.25) is 0 Å². The molecule has 0 heterocycles. The molecule has 0 fully saturated rings. The number of carbonyl (C=O) groups is 2. The molecular formula is C13H15N3O5. The standard InChI is InChI=1S/C13H15N3O5/c1-3-20-12(18)15-16(13(19)21-4-2)10-5-6-11(17)9(7-10)8-14/h5-7,17H,3-4H2,1-2H3,(H,15,18). The maximum atomic E-state index is 11.9. The molecule has 8 nitrogen and oxygen atoms in total. The molecule has 0 bridgehead atoms. The Bertz CT molecular complexity index is 567. The van der Waals surface area contributed by atoms with E-state index in [-0.39, 0.29) is 30.2 Å². The van der Waals surface area contributed by atoms with Gasteiger partial charge >= 0.3 is 12.2 Å². The van der Waals surface area contributed by atoms with Gasteiger partial charge in [0.25, 0.3) is 0 Å². The average Bonchev–Trinajstić information content (AvgIpc) is 2.46. The van der Waals surface area contributed by atoms with Gasteiger partial charge < -0.3 is 14.6 Å². The Balaban J connectivity index is 3.08. The van der Waals surface area contributed by atoms with Crippen molar-refractivity contribution in [2.24, 2.45) is 0 Å². The van der Waals surface area contributed by atoms with Crippen molar-refractivity contribution >= 4 is 17.9 Å². The van der Waals surface area contributed by atoms with E-state index in [0.717, 1.165) is 5.01 Å². The number of amides is 2. The number of hydrogen-bond acceptors (Lipinski definition) is 6. The molecule has 0 spiro atoms. The minimum absolute atomic E-state index is 0.0487. The van der Waals surface area contributed by atoms with Crippen molar-refractivity contribution in [1.82, 2.24) is 5.43 Å². The van der Waals surface area contributed by atoms with Crippen LogP contribution >= 0.6 is 0 Å². The van der Waals surface area contributed by atoms with Crippen molar-refractivity contribution in [3.8, 4) is 11.8 Å². The zero-order valence-corrected chi connectivity index (χ0v) is 11.6. The lowest BCUT2D eigenvalue weighted by molar-refractivity contribution is 0.138. The maximum absolute atomic E-state index is 11.9. The van der Waals surface area contributed by atoms with Gasteiger partial charge in [0.05, 0.1) is 24.5 Å². The first-order valence-corrected chi connectivity index (χ1v) is 6.16. The van der Waals surface area contributed by atoms with Gasteiger partial charge in [0.1, 0.15) is 11.8 Å². The van der Waals surface area contributed by atoms with Crippen LogP contribution in [-0.4, -0.2) is 30.5 Å². The molecular weight excluding hydrogens is 278 g/mol. The van der Waals surface area contributed by atoms with E-state index in [1.54, 1.807) is 19.9 Å². The number of phenolic OH excluding ortho intramolecular Hbond substituents is 1. The van der Waals surface area contributed by atoms with Gasteiger partial charge in [-0.25, -0.2) is 15.0 Å². The van der Waals surface area contributed by atoms with Crippen LogP contribution in [0.5, 0.6) is 5.75 Å². The summed E-state index contributed by atoms with van der Waals surface area (Å²) in [6.45, 7) is 3.45. The fourth-order valence-corrected chi connectivity index (χ4v) is 1.41. The van der Waals surface area contributed by atoms with Crippen molar-refractivity contribution in [2.75, 3.05) is 18.2 Å². The quantitative estimate of drug-likeness (QED) is 0.823. The number of anilines is 1. The Morgan fingerprint density at radius 2 is 2.00 bits per heavy atom. The fraction of sp³-hybridized carbons (Fsp3) is 0.308. The second-order valence-electron chi connectivity index (χ2n) is 3.68. The number of rotatable bonds is 3. The van der Waals surface area contributed by atoms with E-state index >= 15 is 0 Å². The average molecular weight is 293 g/mol. The van der Waals surface area contributed by atoms with Crippen LogP contribution in [0.1, 0.15) is 19.4 Å². The first-order chi connectivity index (χ1) is 10.0. The SMILES string of the molecule is CCOC(=O)NN(C(=O)OCC)c1ccc(O)c(C#N)c1. The van der Waals surface area contributed by atoms with Crippen LogP contribution in [-0.2, 0) is 9.47 Å². The topological polar surface area (TPSA) is 112 Å². The summed E-state index contributed by atoms with van der Waals surface area (Å²) in [5, 5.41) is 19.1. The summed E-state index contributed by atoms with van der Waals surface area (Å²) >= 11 is 0. The Morgan fingerprint density at radius 3 is 2.57 bits per heavy atom. The summed E-state index contributed by atoms with van der Waals surface area (Å²) in [5.41, 5.74) is 2.30. The van der Waals surface area contributed by atoms with Crippen molar-refractivity contribution in [3.63, 3.8) is 0 Å². The molecule has 0 saturated heterocycles. The molecule has 2 N–H and O–H groups in total. The van der Waals surface area contributed by atoms with Crippen LogP contribution < -0.4 is 10.4 Å². The predicted molar refractivity (Wildman–Crippen MR) is 72.5 cm³/mol. The first kappa shape index (κ1) is 16.1. The van der Waals surface area contributed by atoms with Crippen molar-refractivity contribution in [2.45, 2.75) is 13.8 Å². The molecule has 2 amide bonds. The van der Waals surface area contributed by atoms with Crippen LogP contribution in [0.2, 0.25) is 0 Å². The molecule has 0 unspecified atom stereocenters. The second-order valence-corrected chi connectivity index (χ2v) is 3.68. The van der Waals surface area contributed by atoms with Crippen LogP contribution in [0.25, 0.3) is 0 Å². The molecule has 0 saturated carbocycles. The summed E-state index contributed by atoms with van der Waals surface area (Å²) in [4.78, 5) is 23.3. The van der Waals surface area contributed by atoms with Crippen LogP contribution in [0, 0.1) is 11.3 Å². The number of nitrogens with one attached hydrogen (secondary N) is 1. The minimum atomic E-state index is -0.850. The number of nitriles is 1. The van der Waals surface area contributed by atoms with Crippen LogP contribution in [0.3, 0.4) is 0 Å². The number of carbonyl (C=O) groups excluding carboxylic acids is 2. The largest absolute Gasteiger partial charge is 0.507 e. The van der Waals surface area contributed by atoms with Gasteiger partial charge in [0.15, 0.2) is 0 Å². The van der Waals surface area contributed by atoms with E-state index in [9.17, 15) is 14.7 Å². The number of aromatic hydroxyl groups is 1. The van der Waals surface area contributed by atoms with Crippen molar-refractivity contribution in [1.29, 1.82) is 5.26 Å². The lowest BCUT2D eigenvalue weighted by Crippen LogP contribution is -2.47. The summed E-state index contributed by atoms with van der Waals surface area (Å²) in [5.74, 6) is -0.235. The van der Waals surface area contributed by atoms with E-state index in [0.29, 0.717) is 0 Å². The molecule has 1 aromatic carbocycles. The summed E-state index contributed by atoms with van der Waals surface area (Å²) < 4.78 is 9.50. The van der Waals surface area contributed by atoms with Gasteiger partial charge in [0.2, 0.25) is 0 Å². The van der Waals surface area contributed by atoms with Gasteiger partial charge in [-0.05, 0) is 32.0 Å². The molecule has 1 aromatic rings. The smallest absolute Gasteiger partial charge is 0.433 e. The third-order valence-corrected chi connectivity index (χ3v) is 2.29. The van der Waals surface area contributed by atoms with Gasteiger partial charge in [-0.15, -0.1) is 0 Å². The number of hydrazine groups is 1. The number of phenols is 1. The zero-order valence-electron chi connectivity index (χ0n) is 11.6. The molecule has 0 aliphatic rings. The van der Waals surface area contributed by atoms with Crippen LogP contribution in [0.15, 0.2) is 18.2 Å². The molecule has 8 heteroatoms. The molecule has 0 atom stereocenters. The Morgan fingerprint density at radius 1 is 1.33 bits per heavy atom. The summed E-state index contributed by atoms with van der Waals surface area (Å²) in [7, 11) is 0. The van der Waals surface area contributed by atoms with E-state index < -0.39 is 12.2 Å². The summed E-state index contributed by atoms with van der Waals surface area (Å²) in [6.07, 6.45) is -1.70. The molecule has 112 valence electrons. The number of nitrogens with zero attached hydrogens (tertiary/aromatic N) is 2. The Labute approximate surface area is 121 Å². The Kier molecular flexibility index (Phi) is 5.82. The normalized spacial score (nSPS) is 9.38. The highest BCUT2D eigenvalue weighted by Crippen LogP contribution is 2.23. The van der Waals surface area contributed by atoms with E-state index in [1.165, 1.54) is 18.2 Å². The monoisotopic (exact) mass is 293 g/mol. The minimum Gasteiger partial charge on any atom is -0.507 e. The van der Waals surface area contributed by atoms with Crippen molar-refractivity contribution < 1.29 is 24.2 Å². The lowest BCUT2D eigenvalue weighted by atomic mass is 10.2. The highest BCUT2D eigenvalue weighted by molar-refractivity contribution is 5.90. The Hall–Kier alpha value is -2.95. The number of hydrogen-bond donors (Lipinski definition) is 2. The highest BCUT2D eigenvalue weighted by Gasteiger charge is 2.21. The van der Waals surface area contributed by atoms with E-state index in [1.807, 2.05) is 0 Å². The first-order valence-electron chi connectivity index (χ1n) is 6.16. The molecule has 1 rings (SSSR count). The summed E-state index contributed by atoms with van der Waals surface area (Å²) in [6, 6.07) is 5.58. The van der Waals surface area contributed by atoms with Gasteiger partial charge in [-0.1, -0.05) is 0 Å². The highest BCUT2D eigenvalue weighted by atomic mass is 16.6. The molecule has 0 aliphatic heterocycles. The van der Waals surface area contributed by atoms with Gasteiger partial charge in [-0.2, -0.15) is 10.3 Å². The number of benzene rings is 1. The second kappa shape index (κ2) is 7.59. The van der Waals surface area contributed by atoms with Crippen molar-refractivity contribution in [3.05, 3.63) is 23.8 Å². The third-order valence-electron chi connectivity index (χ3n) is 2.29. The van der Waals surface area contributed by atoms with Gasteiger partial charge in [0, 0.05) is 0 Å². The molecule has 0 radical (unpaired) electrons. The fourth-order valence-electron chi connectivity index (χ4n) is 1.41.